The number of aliphatic hydroxyl groups is 1. The van der Waals surface area contributed by atoms with E-state index in [1.165, 1.54) is 6.92 Å². The second-order valence-electron chi connectivity index (χ2n) is 7.07. The fourth-order valence-corrected chi connectivity index (χ4v) is 3.99. The van der Waals surface area contributed by atoms with E-state index < -0.39 is 35.4 Å². The van der Waals surface area contributed by atoms with E-state index >= 15 is 0 Å². The molecule has 9 heteroatoms. The number of amides is 1. The van der Waals surface area contributed by atoms with Crippen LogP contribution in [-0.4, -0.2) is 28.5 Å². The van der Waals surface area contributed by atoms with Crippen molar-refractivity contribution in [3.63, 3.8) is 0 Å². The van der Waals surface area contributed by atoms with E-state index in [0.29, 0.717) is 15.5 Å². The highest BCUT2D eigenvalue weighted by molar-refractivity contribution is 7.14. The molecule has 1 aromatic carbocycles. The number of alkyl halides is 3. The Bertz CT molecular complexity index is 918. The highest BCUT2D eigenvalue weighted by Gasteiger charge is 2.45. The van der Waals surface area contributed by atoms with Crippen LogP contribution in [0.5, 0.6) is 5.75 Å². The first-order valence-corrected chi connectivity index (χ1v) is 9.21. The fourth-order valence-electron chi connectivity index (χ4n) is 2.93. The molecule has 28 heavy (non-hydrogen) atoms. The molecule has 5 nitrogen and oxygen atoms in total. The van der Waals surface area contributed by atoms with Gasteiger partial charge in [0.15, 0.2) is 5.78 Å². The number of carbonyl (C=O) groups excluding carboxylic acids is 2. The molecular formula is C19H18F3NO4S. The molecule has 1 amide bonds. The van der Waals surface area contributed by atoms with E-state index in [1.54, 1.807) is 19.9 Å². The number of halogens is 3. The molecule has 2 unspecified atom stereocenters. The first kappa shape index (κ1) is 20.3. The summed E-state index contributed by atoms with van der Waals surface area (Å²) in [7, 11) is 0. The average Bonchev–Trinajstić information content (AvgIpc) is 3.01. The Labute approximate surface area is 163 Å². The van der Waals surface area contributed by atoms with Crippen LogP contribution in [0.15, 0.2) is 30.3 Å². The minimum Gasteiger partial charge on any atom is -0.484 e. The number of ketones is 1. The predicted molar refractivity (Wildman–Crippen MR) is 96.7 cm³/mol. The molecule has 150 valence electrons. The second kappa shape index (κ2) is 6.89. The van der Waals surface area contributed by atoms with Crippen LogP contribution >= 0.6 is 11.3 Å². The molecule has 0 spiro atoms. The highest BCUT2D eigenvalue weighted by Crippen LogP contribution is 2.45. The second-order valence-corrected chi connectivity index (χ2v) is 8.16. The third kappa shape index (κ3) is 3.77. The summed E-state index contributed by atoms with van der Waals surface area (Å²) in [5.74, 6) is -0.425. The molecule has 2 aromatic rings. The summed E-state index contributed by atoms with van der Waals surface area (Å²) in [5.41, 5.74) is -1.88. The van der Waals surface area contributed by atoms with Crippen LogP contribution < -0.4 is 10.1 Å². The van der Waals surface area contributed by atoms with Gasteiger partial charge >= 0.3 is 6.18 Å². The zero-order valence-electron chi connectivity index (χ0n) is 15.3. The Balaban J connectivity index is 1.90. The molecule has 2 atom stereocenters. The number of hydrogen-bond donors (Lipinski definition) is 2. The first-order valence-electron chi connectivity index (χ1n) is 8.40. The smallest absolute Gasteiger partial charge is 0.416 e. The third-order valence-corrected chi connectivity index (χ3v) is 5.82. The summed E-state index contributed by atoms with van der Waals surface area (Å²) < 4.78 is 43.8. The number of hydrogen-bond acceptors (Lipinski definition) is 5. The van der Waals surface area contributed by atoms with E-state index in [9.17, 15) is 27.9 Å². The summed E-state index contributed by atoms with van der Waals surface area (Å²) in [4.78, 5) is 25.2. The molecule has 0 bridgehead atoms. The number of rotatable bonds is 3. The van der Waals surface area contributed by atoms with E-state index in [4.69, 9.17) is 4.74 Å². The molecule has 1 aromatic heterocycles. The summed E-state index contributed by atoms with van der Waals surface area (Å²) in [6, 6.07) is 4.49. The van der Waals surface area contributed by atoms with Gasteiger partial charge in [0.25, 0.3) is 5.91 Å². The maximum Gasteiger partial charge on any atom is 0.416 e. The van der Waals surface area contributed by atoms with Crippen LogP contribution in [0, 0.1) is 0 Å². The van der Waals surface area contributed by atoms with Crippen molar-refractivity contribution in [3.05, 3.63) is 51.2 Å². The van der Waals surface area contributed by atoms with Gasteiger partial charge in [-0.05, 0) is 45.0 Å². The molecule has 1 aliphatic rings. The van der Waals surface area contributed by atoms with Crippen LogP contribution in [0.3, 0.4) is 0 Å². The molecule has 1 aliphatic heterocycles. The van der Waals surface area contributed by atoms with Crippen molar-refractivity contribution in [3.8, 4) is 5.75 Å². The largest absolute Gasteiger partial charge is 0.484 e. The topological polar surface area (TPSA) is 75.6 Å². The molecular weight excluding hydrogens is 395 g/mol. The number of aliphatic hydroxyl groups excluding tert-OH is 1. The van der Waals surface area contributed by atoms with Crippen LogP contribution in [-0.2, 0) is 6.18 Å². The van der Waals surface area contributed by atoms with Gasteiger partial charge in [0.1, 0.15) is 17.5 Å². The van der Waals surface area contributed by atoms with Gasteiger partial charge in [-0.1, -0.05) is 0 Å². The summed E-state index contributed by atoms with van der Waals surface area (Å²) in [6.45, 7) is 4.68. The monoisotopic (exact) mass is 413 g/mol. The standard InChI is InChI=1S/C19H18F3NO4S/c1-9(24)13-8-12-15(28-13)14(16(25)18(2,3)27-12)23-17(26)10-4-6-11(7-5-10)19(20,21)22/h4-8,14,16,25H,1-3H3,(H,23,26). The van der Waals surface area contributed by atoms with Crippen LogP contribution in [0.1, 0.15) is 57.3 Å². The number of nitrogens with one attached hydrogen (secondary N) is 1. The van der Waals surface area contributed by atoms with Gasteiger partial charge < -0.3 is 15.2 Å². The van der Waals surface area contributed by atoms with Gasteiger partial charge in [0.2, 0.25) is 0 Å². The van der Waals surface area contributed by atoms with Gasteiger partial charge in [0.05, 0.1) is 21.4 Å². The van der Waals surface area contributed by atoms with E-state index in [1.807, 2.05) is 0 Å². The van der Waals surface area contributed by atoms with Gasteiger partial charge in [-0.3, -0.25) is 9.59 Å². The van der Waals surface area contributed by atoms with E-state index in [0.717, 1.165) is 35.6 Å². The lowest BCUT2D eigenvalue weighted by Gasteiger charge is -2.40. The molecule has 0 fully saturated rings. The van der Waals surface area contributed by atoms with Crippen LogP contribution in [0.2, 0.25) is 0 Å². The van der Waals surface area contributed by atoms with Crippen molar-refractivity contribution in [1.29, 1.82) is 0 Å². The van der Waals surface area contributed by atoms with Crippen LogP contribution in [0.25, 0.3) is 0 Å². The minimum atomic E-state index is -4.50. The lowest BCUT2D eigenvalue weighted by molar-refractivity contribution is -0.137. The van der Waals surface area contributed by atoms with Crippen molar-refractivity contribution in [1.82, 2.24) is 5.32 Å². The summed E-state index contributed by atoms with van der Waals surface area (Å²) >= 11 is 1.10. The van der Waals surface area contributed by atoms with Gasteiger partial charge in [0, 0.05) is 11.6 Å². The number of Topliss-reactive ketones (excluding diaryl/α,β-unsaturated/α-hetero) is 1. The Hall–Kier alpha value is -2.39. The first-order chi connectivity index (χ1) is 12.9. The van der Waals surface area contributed by atoms with E-state index in [-0.39, 0.29) is 11.3 Å². The maximum absolute atomic E-state index is 12.7. The van der Waals surface area contributed by atoms with Crippen LogP contribution in [0.4, 0.5) is 13.2 Å². The third-order valence-electron chi connectivity index (χ3n) is 4.52. The van der Waals surface area contributed by atoms with Gasteiger partial charge in [-0.15, -0.1) is 11.3 Å². The van der Waals surface area contributed by atoms with Crippen molar-refractivity contribution < 1.29 is 32.6 Å². The van der Waals surface area contributed by atoms with Crippen molar-refractivity contribution in [2.75, 3.05) is 0 Å². The Morgan fingerprint density at radius 1 is 1.21 bits per heavy atom. The minimum absolute atomic E-state index is 0.0226. The van der Waals surface area contributed by atoms with Crippen molar-refractivity contribution in [2.45, 2.75) is 44.7 Å². The lowest BCUT2D eigenvalue weighted by atomic mass is 9.90. The summed E-state index contributed by atoms with van der Waals surface area (Å²) in [6.07, 6.45) is -5.62. The number of ether oxygens (including phenoxy) is 1. The quantitative estimate of drug-likeness (QED) is 0.747. The molecule has 3 rings (SSSR count). The SMILES string of the molecule is CC(=O)c1cc2c(s1)C(NC(=O)c1ccc(C(F)(F)F)cc1)C(O)C(C)(C)O2. The van der Waals surface area contributed by atoms with Crippen molar-refractivity contribution in [2.24, 2.45) is 0 Å². The number of fused-ring (bicyclic) bond motifs is 1. The maximum atomic E-state index is 12.7. The van der Waals surface area contributed by atoms with Gasteiger partial charge in [-0.25, -0.2) is 0 Å². The normalized spacial score (nSPS) is 20.8. The molecule has 0 saturated heterocycles. The number of benzene rings is 1. The average molecular weight is 413 g/mol. The zero-order chi connectivity index (χ0) is 20.9. The van der Waals surface area contributed by atoms with Crippen molar-refractivity contribution >= 4 is 23.0 Å². The zero-order valence-corrected chi connectivity index (χ0v) is 16.1. The number of carbonyl (C=O) groups is 2. The fraction of sp³-hybridized carbons (Fsp3) is 0.368. The van der Waals surface area contributed by atoms with E-state index in [2.05, 4.69) is 5.32 Å². The lowest BCUT2D eigenvalue weighted by Crippen LogP contribution is -2.53. The molecule has 0 radical (unpaired) electrons. The van der Waals surface area contributed by atoms with Gasteiger partial charge in [-0.2, -0.15) is 13.2 Å². The predicted octanol–water partition coefficient (Wildman–Crippen LogP) is 3.97. The Kier molecular flexibility index (Phi) is 5.01. The molecule has 2 N–H and O–H groups in total. The Morgan fingerprint density at radius 3 is 2.36 bits per heavy atom. The molecule has 2 heterocycles. The molecule has 0 aliphatic carbocycles. The molecule has 0 saturated carbocycles. The number of thiophene rings is 1. The Morgan fingerprint density at radius 2 is 1.82 bits per heavy atom. The summed E-state index contributed by atoms with van der Waals surface area (Å²) in [5, 5.41) is 13.3. The highest BCUT2D eigenvalue weighted by atomic mass is 32.1.